The van der Waals surface area contributed by atoms with Crippen molar-refractivity contribution in [2.75, 3.05) is 54.9 Å². The van der Waals surface area contributed by atoms with Crippen LogP contribution < -0.4 is 30.3 Å². The molecule has 0 fully saturated rings. The van der Waals surface area contributed by atoms with Gasteiger partial charge in [-0.25, -0.2) is 28.9 Å². The second kappa shape index (κ2) is 63.5. The van der Waals surface area contributed by atoms with Crippen LogP contribution in [0.25, 0.3) is 20.2 Å². The fourth-order valence-corrected chi connectivity index (χ4v) is 86.2. The largest absolute Gasteiger partial charge is 0.493 e. The predicted molar refractivity (Wildman–Crippen MR) is 447 cm³/mol. The van der Waals surface area contributed by atoms with Crippen molar-refractivity contribution in [3.8, 4) is 23.0 Å². The third kappa shape index (κ3) is 47.6. The lowest BCUT2D eigenvalue weighted by Crippen LogP contribution is -2.26. The van der Waals surface area contributed by atoms with Crippen LogP contribution in [0, 0.1) is 0 Å². The van der Waals surface area contributed by atoms with Crippen molar-refractivity contribution in [2.24, 2.45) is 5.90 Å². The topological polar surface area (TPSA) is 188 Å². The molecular weight excluding hydrogens is 1890 g/mol. The van der Waals surface area contributed by atoms with Crippen LogP contribution in [0.15, 0.2) is 36.4 Å². The van der Waals surface area contributed by atoms with Gasteiger partial charge in [0.1, 0.15) is 0 Å². The zero-order valence-electron chi connectivity index (χ0n) is 42.8. The van der Waals surface area contributed by atoms with Gasteiger partial charge in [0.25, 0.3) is 11.8 Å². The fourth-order valence-electron chi connectivity index (χ4n) is 4.48. The van der Waals surface area contributed by atoms with Crippen LogP contribution in [0.1, 0.15) is 35.4 Å². The number of hydroxylamine groups is 1. The van der Waals surface area contributed by atoms with Gasteiger partial charge in [-0.15, -0.1) is 35.1 Å². The molecule has 2 aromatic heterocycles. The Hall–Kier alpha value is 4.01. The lowest BCUT2D eigenvalue weighted by molar-refractivity contribution is -0.139. The van der Waals surface area contributed by atoms with Gasteiger partial charge in [-0.2, -0.15) is 0 Å². The maximum Gasteiger partial charge on any atom is 0.303 e. The molecule has 13 nitrogen and oxygen atoms in total. The number of alkyl halides is 4. The Morgan fingerprint density at radius 3 is 1.01 bits per heavy atom. The van der Waals surface area contributed by atoms with Crippen molar-refractivity contribution in [3.63, 3.8) is 0 Å². The van der Waals surface area contributed by atoms with Gasteiger partial charge in [0.2, 0.25) is 5.91 Å². The van der Waals surface area contributed by atoms with E-state index >= 15 is 0 Å². The minimum Gasteiger partial charge on any atom is -0.493 e. The third-order valence-corrected chi connectivity index (χ3v) is 76.6. The highest BCUT2D eigenvalue weighted by Crippen LogP contribution is 2.44. The maximum atomic E-state index is 14.4. The van der Waals surface area contributed by atoms with Gasteiger partial charge in [0.15, 0.2) is 23.0 Å². The fraction of sp³-hybridized carbons (Fsp3) is 0.438. The van der Waals surface area contributed by atoms with E-state index in [0.717, 1.165) is 22.7 Å². The average Bonchev–Trinajstić information content (AvgIpc) is 1.94. The summed E-state index contributed by atoms with van der Waals surface area (Å²) < 4.78 is 78.7. The molecule has 0 unspecified atom stereocenters. The summed E-state index contributed by atoms with van der Waals surface area (Å²) in [5.41, 5.74) is 2.00. The Morgan fingerprint density at radius 1 is 0.494 bits per heavy atom. The summed E-state index contributed by atoms with van der Waals surface area (Å²) in [7, 11) is 60.5. The van der Waals surface area contributed by atoms with E-state index in [-0.39, 0.29) is 48.6 Å². The first-order chi connectivity index (χ1) is 41.6. The number of aliphatic hydroxyl groups is 2. The third-order valence-electron chi connectivity index (χ3n) is 7.51. The molecule has 2 aromatic carbocycles. The van der Waals surface area contributed by atoms with Crippen LogP contribution >= 0.6 is 35.1 Å². The zero-order valence-corrected chi connectivity index (χ0v) is 73.9. The molecule has 0 aliphatic rings. The Bertz CT molecular complexity index is 4140. The molecule has 0 aliphatic carbocycles. The first kappa shape index (κ1) is 93.1. The number of methoxy groups -OCH3 is 4. The second-order valence-corrected chi connectivity index (χ2v) is 69.3. The van der Waals surface area contributed by atoms with Gasteiger partial charge in [-0.1, -0.05) is 0 Å². The number of hydrogen-bond donors (Lipinski definition) is 5. The van der Waals surface area contributed by atoms with E-state index in [9.17, 15) is 27.2 Å². The number of fused-ring (bicyclic) bond motifs is 2. The summed E-state index contributed by atoms with van der Waals surface area (Å²) in [6.45, 7) is -0.149. The number of amides is 1. The number of thiophene rings is 2. The number of ether oxygens (including phenoxy) is 4. The monoisotopic (exact) mass is 1920 g/mol. The average molecular weight is 1930 g/mol. The van der Waals surface area contributed by atoms with E-state index in [2.05, 4.69) is 37.9 Å². The molecule has 4 aromatic rings. The SMILES string of the molecule is COc1cc2cc(C(F)(F)CCC(=O)NOCCO)sc2cc1OC.COc1cc2cc(C(F)(F)CCC(=O)O)sc2cc1OC.Cl.NOCCO.S=S.S=S=S=S=S=S=S=S=S=S=S=S=S=S=S=S=S=S=S=S=S=S=S=S=S=S=S=S=S=S=S=S=S. The number of rotatable bonds is 17. The molecule has 0 atom stereocenters. The van der Waals surface area contributed by atoms with Crippen LogP contribution in [0.4, 0.5) is 17.6 Å². The van der Waals surface area contributed by atoms with Gasteiger partial charge < -0.3 is 39.1 Å². The van der Waals surface area contributed by atoms with Crippen molar-refractivity contribution in [3.05, 3.63) is 46.2 Å². The number of aliphatic carboxylic acids is 1. The number of benzene rings is 2. The van der Waals surface area contributed by atoms with E-state index in [1.807, 2.05) is 156 Å². The number of carbonyl (C=O) groups is 2. The molecular formula is C32H41ClF4N2O11S37. The van der Waals surface area contributed by atoms with Crippen molar-refractivity contribution in [1.29, 1.82) is 0 Å². The molecule has 2 heterocycles. The summed E-state index contributed by atoms with van der Waals surface area (Å²) >= 11 is 18.8. The smallest absolute Gasteiger partial charge is 0.303 e. The van der Waals surface area contributed by atoms with E-state index in [4.69, 9.17) is 56.6 Å². The first-order valence-corrected chi connectivity index (χ1v) is 66.1. The number of carbonyl (C=O) groups excluding carboxylic acids is 1. The van der Waals surface area contributed by atoms with E-state index in [1.54, 1.807) is 131 Å². The van der Waals surface area contributed by atoms with Gasteiger partial charge in [0, 0.05) is 361 Å². The Morgan fingerprint density at radius 2 is 0.770 bits per heavy atom. The van der Waals surface area contributed by atoms with E-state index in [1.165, 1.54) is 58.3 Å². The number of halogens is 5. The Labute approximate surface area is 619 Å². The minimum atomic E-state index is -3.16. The van der Waals surface area contributed by atoms with E-state index < -0.39 is 49.4 Å². The maximum absolute atomic E-state index is 14.4. The van der Waals surface area contributed by atoms with Gasteiger partial charge >= 0.3 is 5.97 Å². The molecule has 0 radical (unpaired) electrons. The Balaban J connectivity index is 0. The van der Waals surface area contributed by atoms with Crippen LogP contribution in [-0.4, -0.2) is 82.1 Å². The van der Waals surface area contributed by atoms with Crippen LogP contribution in [0.2, 0.25) is 0 Å². The molecule has 1 amide bonds. The Kier molecular flexibility index (Phi) is 67.9. The number of carboxylic acid groups (broad SMARTS) is 1. The van der Waals surface area contributed by atoms with Crippen molar-refractivity contribution in [1.82, 2.24) is 5.48 Å². The molecule has 4 rings (SSSR count). The summed E-state index contributed by atoms with van der Waals surface area (Å²) in [5, 5.41) is 26.1. The highest BCUT2D eigenvalue weighted by molar-refractivity contribution is 8.80. The second-order valence-electron chi connectivity index (χ2n) is 12.3. The highest BCUT2D eigenvalue weighted by Gasteiger charge is 2.35. The number of hydrogen-bond acceptors (Lipinski definition) is 17. The highest BCUT2D eigenvalue weighted by atomic mass is 35.5. The lowest BCUT2D eigenvalue weighted by atomic mass is 10.1. The molecule has 87 heavy (non-hydrogen) atoms. The molecule has 0 aliphatic heterocycles. The first-order valence-electron chi connectivity index (χ1n) is 20.4. The van der Waals surface area contributed by atoms with Gasteiger partial charge in [-0.05, 0) is 35.0 Å². The van der Waals surface area contributed by atoms with Crippen molar-refractivity contribution in [2.45, 2.75) is 37.5 Å². The lowest BCUT2D eigenvalue weighted by Gasteiger charge is -2.14. The van der Waals surface area contributed by atoms with Crippen LogP contribution in [0.3, 0.4) is 0 Å². The van der Waals surface area contributed by atoms with Crippen LogP contribution in [0.5, 0.6) is 23.0 Å². The number of carboxylic acids is 1. The molecule has 6 N–H and O–H groups in total. The summed E-state index contributed by atoms with van der Waals surface area (Å²) in [4.78, 5) is 30.1. The molecule has 55 heteroatoms. The minimum absolute atomic E-state index is 0. The molecule has 0 bridgehead atoms. The quantitative estimate of drug-likeness (QED) is 0.0477. The van der Waals surface area contributed by atoms with E-state index in [0.29, 0.717) is 43.2 Å². The number of nitrogens with two attached hydrogens (primary N) is 1. The zero-order chi connectivity index (χ0) is 64.1. The van der Waals surface area contributed by atoms with Crippen LogP contribution in [-0.2, 0) is 351 Å². The summed E-state index contributed by atoms with van der Waals surface area (Å²) in [6.07, 6.45) is -2.35. The van der Waals surface area contributed by atoms with Crippen molar-refractivity contribution >= 4 is 387 Å². The summed E-state index contributed by atoms with van der Waals surface area (Å²) in [5.74, 6) is -1.89. The standard InChI is InChI=1S/C16H19F2NO5S.C14H14F2O4S.C2H7NO2.ClH.S33.S2/c1-22-11-7-10-8-14(25-13(10)9-12(11)23-2)16(17,18)4-3-15(21)19-24-6-5-20;1-19-9-5-8-6-12(14(15,16)4-3-13(17)18)21-11(8)7-10(9)20-2;3-5-2-1-4;;1-3-5-7-9-11-13-15-17-19-21-23-25-27-29-31-33-32-30-28-26-24-22-20-18-16-14-12-10-8-6-4-2;1-2/h7-9,20H,3-6H2,1-2H3,(H,19,21);5-7H,3-4H2,1-2H3,(H,17,18);4H,1-3H2;1H;;. The molecule has 0 spiro atoms. The van der Waals surface area contributed by atoms with Crippen molar-refractivity contribution < 1.29 is 71.1 Å². The predicted octanol–water partition coefficient (Wildman–Crippen LogP) is 5.91. The van der Waals surface area contributed by atoms with Gasteiger partial charge in [-0.3, -0.25) is 14.4 Å². The summed E-state index contributed by atoms with van der Waals surface area (Å²) in [6, 6.07) is 9.30. The molecule has 502 valence electrons. The van der Waals surface area contributed by atoms with Gasteiger partial charge in [0.05, 0.1) is 71.0 Å². The normalized spacial score (nSPS) is 9.55. The molecule has 0 saturated heterocycles. The molecule has 0 saturated carbocycles. The number of nitrogens with one attached hydrogen (secondary N) is 1. The number of aliphatic hydroxyl groups excluding tert-OH is 2.